The van der Waals surface area contributed by atoms with Gasteiger partial charge in [0.1, 0.15) is 23.8 Å². The van der Waals surface area contributed by atoms with Crippen LogP contribution in [-0.4, -0.2) is 51.1 Å². The number of hydrogen-bond donors (Lipinski definition) is 4. The van der Waals surface area contributed by atoms with Gasteiger partial charge in [0.25, 0.3) is 0 Å². The van der Waals surface area contributed by atoms with Gasteiger partial charge >= 0.3 is 0 Å². The van der Waals surface area contributed by atoms with Crippen LogP contribution in [0.5, 0.6) is 11.6 Å². The maximum atomic E-state index is 10.7. The molecule has 5 N–H and O–H groups in total. The first-order valence-corrected chi connectivity index (χ1v) is 11.2. The van der Waals surface area contributed by atoms with Crippen molar-refractivity contribution >= 4 is 23.1 Å². The van der Waals surface area contributed by atoms with Crippen LogP contribution in [0.15, 0.2) is 23.2 Å². The highest BCUT2D eigenvalue weighted by molar-refractivity contribution is 6.09. The molecule has 1 fully saturated rings. The van der Waals surface area contributed by atoms with Crippen molar-refractivity contribution in [2.45, 2.75) is 64.4 Å². The molecular formula is C24H33N5O4. The number of phenolic OH excluding ortho intramolecular Hbond substituents is 1. The van der Waals surface area contributed by atoms with E-state index < -0.39 is 12.2 Å². The van der Waals surface area contributed by atoms with Crippen LogP contribution in [0.1, 0.15) is 68.8 Å². The number of benzene rings is 1. The molecule has 1 aromatic carbocycles. The van der Waals surface area contributed by atoms with Gasteiger partial charge in [0, 0.05) is 12.6 Å². The molecule has 0 saturated heterocycles. The second-order valence-corrected chi connectivity index (χ2v) is 8.82. The Balaban J connectivity index is 0.000000454. The number of nitrogens with one attached hydrogen (secondary N) is 1. The van der Waals surface area contributed by atoms with E-state index in [2.05, 4.69) is 15.3 Å². The molecule has 1 aliphatic heterocycles. The highest BCUT2D eigenvalue weighted by Crippen LogP contribution is 2.41. The van der Waals surface area contributed by atoms with Gasteiger partial charge in [-0.05, 0) is 51.2 Å². The zero-order valence-corrected chi connectivity index (χ0v) is 19.7. The number of hydrogen-bond acceptors (Lipinski definition) is 8. The zero-order chi connectivity index (χ0) is 24.2. The molecule has 9 heteroatoms. The molecule has 1 amide bonds. The number of aliphatic hydroxyl groups excluding tert-OH is 1. The van der Waals surface area contributed by atoms with Gasteiger partial charge in [0.05, 0.1) is 5.71 Å². The third-order valence-electron chi connectivity index (χ3n) is 5.91. The Morgan fingerprint density at radius 1 is 1.24 bits per heavy atom. The molecule has 0 atom stereocenters. The second-order valence-electron chi connectivity index (χ2n) is 8.82. The third-order valence-corrected chi connectivity index (χ3v) is 5.91. The lowest BCUT2D eigenvalue weighted by atomic mass is 9.82. The van der Waals surface area contributed by atoms with E-state index in [0.717, 1.165) is 24.0 Å². The van der Waals surface area contributed by atoms with Crippen molar-refractivity contribution in [2.24, 2.45) is 4.99 Å². The Bertz CT molecular complexity index is 1040. The number of carbonyl (C=O) groups excluding carboxylic acids is 1. The summed E-state index contributed by atoms with van der Waals surface area (Å²) in [4.78, 5) is 23.0. The largest absolute Gasteiger partial charge is 0.508 e. The number of likely N-dealkylation sites (N-methyl/N-ethyl adjacent to an activating group) is 1. The summed E-state index contributed by atoms with van der Waals surface area (Å²) in [6.07, 6.45) is 6.04. The molecule has 0 bridgehead atoms. The predicted molar refractivity (Wildman–Crippen MR) is 127 cm³/mol. The zero-order valence-electron chi connectivity index (χ0n) is 19.7. The Kier molecular flexibility index (Phi) is 7.53. The van der Waals surface area contributed by atoms with Crippen LogP contribution in [0.25, 0.3) is 0 Å². The number of nitrogens with two attached hydrogens (primary N) is 1. The molecule has 178 valence electrons. The number of rotatable bonds is 3. The Morgan fingerprint density at radius 3 is 2.52 bits per heavy atom. The van der Waals surface area contributed by atoms with E-state index in [1.165, 1.54) is 26.3 Å². The number of ether oxygens (including phenoxy) is 1. The highest BCUT2D eigenvalue weighted by Gasteiger charge is 2.36. The topological polar surface area (TPSA) is 143 Å². The standard InChI is InChI=1S/C21H26N4O2.C3H7NO2/c1-12-23-19(22)17-20(24-12)27-21(2,3)18(25-17)14-9-10-15(16(26)11-14)13-7-5-4-6-8-13;1-4-3(6)2-5/h9-11,13,26H,4-8H2,1-3H3,(H2,22,23,24);5H,2H2,1H3,(H,4,6). The van der Waals surface area contributed by atoms with Crippen molar-refractivity contribution in [1.29, 1.82) is 0 Å². The van der Waals surface area contributed by atoms with E-state index in [9.17, 15) is 9.90 Å². The number of amides is 1. The highest BCUT2D eigenvalue weighted by atomic mass is 16.5. The number of anilines is 1. The van der Waals surface area contributed by atoms with Gasteiger partial charge in [-0.3, -0.25) is 4.79 Å². The van der Waals surface area contributed by atoms with Crippen LogP contribution < -0.4 is 15.8 Å². The first kappa shape index (κ1) is 24.4. The summed E-state index contributed by atoms with van der Waals surface area (Å²) in [7, 11) is 1.47. The van der Waals surface area contributed by atoms with Gasteiger partial charge in [0.15, 0.2) is 11.5 Å². The number of fused-ring (bicyclic) bond motifs is 1. The van der Waals surface area contributed by atoms with Crippen LogP contribution in [0.4, 0.5) is 11.5 Å². The maximum absolute atomic E-state index is 10.7. The summed E-state index contributed by atoms with van der Waals surface area (Å²) in [6, 6.07) is 5.84. The average molecular weight is 456 g/mol. The summed E-state index contributed by atoms with van der Waals surface area (Å²) in [5.41, 5.74) is 8.35. The van der Waals surface area contributed by atoms with Crippen LogP contribution >= 0.6 is 0 Å². The first-order chi connectivity index (χ1) is 15.7. The lowest BCUT2D eigenvalue weighted by Gasteiger charge is -2.32. The van der Waals surface area contributed by atoms with Crippen LogP contribution in [0.3, 0.4) is 0 Å². The minimum atomic E-state index is -0.695. The normalized spacial score (nSPS) is 17.1. The molecule has 0 radical (unpaired) electrons. The number of phenols is 1. The van der Waals surface area contributed by atoms with Gasteiger partial charge < -0.3 is 26.0 Å². The molecule has 1 aromatic heterocycles. The lowest BCUT2D eigenvalue weighted by Crippen LogP contribution is -2.41. The quantitative estimate of drug-likeness (QED) is 0.557. The summed E-state index contributed by atoms with van der Waals surface area (Å²) < 4.78 is 6.09. The molecule has 2 aliphatic rings. The van der Waals surface area contributed by atoms with Gasteiger partial charge in [0.2, 0.25) is 11.8 Å². The molecule has 2 aromatic rings. The van der Waals surface area contributed by atoms with Gasteiger partial charge in [-0.1, -0.05) is 31.4 Å². The van der Waals surface area contributed by atoms with Crippen molar-refractivity contribution in [2.75, 3.05) is 19.4 Å². The van der Waals surface area contributed by atoms with E-state index in [-0.39, 0.29) is 5.91 Å². The van der Waals surface area contributed by atoms with Gasteiger partial charge in [-0.15, -0.1) is 0 Å². The van der Waals surface area contributed by atoms with Crippen molar-refractivity contribution < 1.29 is 19.7 Å². The van der Waals surface area contributed by atoms with Gasteiger partial charge in [-0.2, -0.15) is 4.98 Å². The monoisotopic (exact) mass is 455 g/mol. The van der Waals surface area contributed by atoms with Crippen LogP contribution in [0, 0.1) is 6.92 Å². The van der Waals surface area contributed by atoms with Gasteiger partial charge in [-0.25, -0.2) is 9.98 Å². The minimum Gasteiger partial charge on any atom is -0.508 e. The van der Waals surface area contributed by atoms with Crippen molar-refractivity contribution in [1.82, 2.24) is 15.3 Å². The SMILES string of the molecule is CNC(=O)CO.Cc1nc(N)c2c(n1)OC(C)(C)C(c1ccc(C3CCCCC3)c(O)c1)=N2. The summed E-state index contributed by atoms with van der Waals surface area (Å²) in [5, 5.41) is 20.8. The Labute approximate surface area is 194 Å². The number of nitrogen functional groups attached to an aromatic ring is 1. The lowest BCUT2D eigenvalue weighted by molar-refractivity contribution is -0.123. The minimum absolute atomic E-state index is 0.300. The van der Waals surface area contributed by atoms with Crippen molar-refractivity contribution in [3.8, 4) is 11.6 Å². The number of aromatic nitrogens is 2. The molecule has 4 rings (SSSR count). The Morgan fingerprint density at radius 2 is 1.94 bits per heavy atom. The summed E-state index contributed by atoms with van der Waals surface area (Å²) >= 11 is 0. The average Bonchev–Trinajstić information content (AvgIpc) is 2.78. The Hall–Kier alpha value is -3.20. The number of aliphatic imine (C=N–C) groups is 1. The van der Waals surface area contributed by atoms with E-state index in [4.69, 9.17) is 20.6 Å². The fourth-order valence-corrected chi connectivity index (χ4v) is 4.22. The molecule has 0 spiro atoms. The van der Waals surface area contributed by atoms with E-state index in [1.807, 2.05) is 26.0 Å². The van der Waals surface area contributed by atoms with Crippen LogP contribution in [-0.2, 0) is 4.79 Å². The smallest absolute Gasteiger partial charge is 0.246 e. The van der Waals surface area contributed by atoms with E-state index in [1.54, 1.807) is 13.0 Å². The fourth-order valence-electron chi connectivity index (χ4n) is 4.22. The molecule has 1 aliphatic carbocycles. The first-order valence-electron chi connectivity index (χ1n) is 11.2. The number of aromatic hydroxyl groups is 1. The second kappa shape index (κ2) is 10.2. The van der Waals surface area contributed by atoms with Crippen molar-refractivity contribution in [3.05, 3.63) is 35.2 Å². The summed E-state index contributed by atoms with van der Waals surface area (Å²) in [5.74, 6) is 1.67. The number of nitrogens with zero attached hydrogens (tertiary/aromatic N) is 3. The summed E-state index contributed by atoms with van der Waals surface area (Å²) in [6.45, 7) is 5.23. The van der Waals surface area contributed by atoms with E-state index >= 15 is 0 Å². The molecule has 33 heavy (non-hydrogen) atoms. The number of aryl methyl sites for hydroxylation is 1. The van der Waals surface area contributed by atoms with Crippen LogP contribution in [0.2, 0.25) is 0 Å². The number of aliphatic hydroxyl groups is 1. The molecule has 9 nitrogen and oxygen atoms in total. The molecule has 2 heterocycles. The third kappa shape index (κ3) is 5.60. The van der Waals surface area contributed by atoms with Crippen molar-refractivity contribution in [3.63, 3.8) is 0 Å². The predicted octanol–water partition coefficient (Wildman–Crippen LogP) is 3.14. The maximum Gasteiger partial charge on any atom is 0.246 e. The fraction of sp³-hybridized carbons (Fsp3) is 0.500. The molecule has 0 unspecified atom stereocenters. The molecule has 1 saturated carbocycles. The molecular weight excluding hydrogens is 422 g/mol. The van der Waals surface area contributed by atoms with E-state index in [0.29, 0.717) is 40.6 Å². The number of carbonyl (C=O) groups is 1.